The molecule has 1 aromatic rings. The molecule has 170 valence electrons. The van der Waals surface area contributed by atoms with E-state index in [-0.39, 0.29) is 35.6 Å². The van der Waals surface area contributed by atoms with Crippen LogP contribution >= 0.6 is 0 Å². The monoisotopic (exact) mass is 445 g/mol. The van der Waals surface area contributed by atoms with Crippen molar-refractivity contribution in [1.29, 1.82) is 0 Å². The summed E-state index contributed by atoms with van der Waals surface area (Å²) in [6.07, 6.45) is 1.87. The Balaban J connectivity index is 1.90. The van der Waals surface area contributed by atoms with E-state index in [1.54, 1.807) is 9.58 Å². The Labute approximate surface area is 186 Å². The number of hydrogen-bond acceptors (Lipinski definition) is 5. The second-order valence-electron chi connectivity index (χ2n) is 10.1. The molecule has 2 aliphatic heterocycles. The lowest BCUT2D eigenvalue weighted by Crippen LogP contribution is -2.63. The Kier molecular flexibility index (Phi) is 6.10. The molecule has 0 aliphatic carbocycles. The number of aromatic nitrogens is 2. The molecule has 0 spiro atoms. The van der Waals surface area contributed by atoms with Crippen LogP contribution in [0.15, 0.2) is 24.4 Å². The van der Waals surface area contributed by atoms with Crippen molar-refractivity contribution in [3.8, 4) is 0 Å². The molecule has 7 nitrogen and oxygen atoms in total. The molecule has 0 unspecified atom stereocenters. The van der Waals surface area contributed by atoms with Crippen molar-refractivity contribution < 1.29 is 18.8 Å². The Morgan fingerprint density at radius 3 is 2.58 bits per heavy atom. The van der Waals surface area contributed by atoms with Crippen molar-refractivity contribution in [2.24, 2.45) is 13.0 Å². The van der Waals surface area contributed by atoms with Gasteiger partial charge >= 0.3 is 5.97 Å². The fourth-order valence-corrected chi connectivity index (χ4v) is 5.53. The number of hydrogen-bond donors (Lipinski definition) is 0. The first-order valence-corrected chi connectivity index (χ1v) is 13.7. The van der Waals surface area contributed by atoms with Crippen LogP contribution in [0.25, 0.3) is 5.57 Å². The van der Waals surface area contributed by atoms with Crippen molar-refractivity contribution in [2.45, 2.75) is 71.3 Å². The molecule has 1 amide bonds. The van der Waals surface area contributed by atoms with Crippen molar-refractivity contribution in [3.05, 3.63) is 35.8 Å². The quantitative estimate of drug-likeness (QED) is 0.276. The minimum atomic E-state index is -2.03. The molecule has 3 atom stereocenters. The lowest BCUT2D eigenvalue weighted by molar-refractivity contribution is -0.161. The molecule has 0 N–H and O–H groups in total. The second kappa shape index (κ2) is 8.06. The molecular formula is C23H35N3O4Si. The van der Waals surface area contributed by atoms with Crippen molar-refractivity contribution in [1.82, 2.24) is 14.7 Å². The molecule has 8 heteroatoms. The van der Waals surface area contributed by atoms with Gasteiger partial charge in [-0.1, -0.05) is 33.4 Å². The van der Waals surface area contributed by atoms with E-state index < -0.39 is 14.3 Å². The van der Waals surface area contributed by atoms with Gasteiger partial charge < -0.3 is 14.1 Å². The van der Waals surface area contributed by atoms with E-state index >= 15 is 0 Å². The zero-order valence-electron chi connectivity index (χ0n) is 20.0. The van der Waals surface area contributed by atoms with Gasteiger partial charge in [0.15, 0.2) is 8.32 Å². The van der Waals surface area contributed by atoms with Gasteiger partial charge in [0.2, 0.25) is 5.91 Å². The summed E-state index contributed by atoms with van der Waals surface area (Å²) in [4.78, 5) is 27.7. The van der Waals surface area contributed by atoms with E-state index in [0.717, 1.165) is 11.3 Å². The Morgan fingerprint density at radius 2 is 2.06 bits per heavy atom. The summed E-state index contributed by atoms with van der Waals surface area (Å²) in [5.74, 6) is -0.867. The number of rotatable bonds is 7. The van der Waals surface area contributed by atoms with Crippen LogP contribution in [0.3, 0.4) is 0 Å². The number of carbonyl (C=O) groups is 2. The number of esters is 1. The topological polar surface area (TPSA) is 73.7 Å². The molecule has 31 heavy (non-hydrogen) atoms. The average Bonchev–Trinajstić information content (AvgIpc) is 3.15. The molecule has 3 heterocycles. The van der Waals surface area contributed by atoms with E-state index in [0.29, 0.717) is 17.8 Å². The third-order valence-electron chi connectivity index (χ3n) is 6.95. The lowest BCUT2D eigenvalue weighted by Gasteiger charge is -2.48. The largest absolute Gasteiger partial charge is 0.457 e. The predicted octanol–water partition coefficient (Wildman–Crippen LogP) is 3.81. The van der Waals surface area contributed by atoms with Crippen LogP contribution in [0.4, 0.5) is 0 Å². The molecular weight excluding hydrogens is 410 g/mol. The van der Waals surface area contributed by atoms with Gasteiger partial charge in [-0.15, -0.1) is 0 Å². The van der Waals surface area contributed by atoms with Gasteiger partial charge in [-0.2, -0.15) is 5.10 Å². The molecule has 0 radical (unpaired) electrons. The van der Waals surface area contributed by atoms with Gasteiger partial charge in [0, 0.05) is 18.3 Å². The van der Waals surface area contributed by atoms with Gasteiger partial charge in [-0.05, 0) is 44.5 Å². The van der Waals surface area contributed by atoms with Gasteiger partial charge in [0.05, 0.1) is 23.8 Å². The van der Waals surface area contributed by atoms with Gasteiger partial charge in [0.1, 0.15) is 12.3 Å². The highest BCUT2D eigenvalue weighted by atomic mass is 28.4. The summed E-state index contributed by atoms with van der Waals surface area (Å²) >= 11 is 0. The van der Waals surface area contributed by atoms with Crippen LogP contribution in [0.1, 0.15) is 45.5 Å². The second-order valence-corrected chi connectivity index (χ2v) is 14.9. The van der Waals surface area contributed by atoms with E-state index in [2.05, 4.69) is 45.5 Å². The molecule has 0 saturated carbocycles. The minimum Gasteiger partial charge on any atom is -0.457 e. The van der Waals surface area contributed by atoms with Crippen LogP contribution in [-0.2, 0) is 25.8 Å². The molecule has 1 fully saturated rings. The molecule has 0 bridgehead atoms. The first-order valence-electron chi connectivity index (χ1n) is 10.8. The van der Waals surface area contributed by atoms with Crippen molar-refractivity contribution in [3.63, 3.8) is 0 Å². The molecule has 1 aromatic heterocycles. The first kappa shape index (κ1) is 23.5. The third-order valence-corrected chi connectivity index (χ3v) is 11.5. The number of β-lactam (4-membered cyclic amide) rings is 1. The van der Waals surface area contributed by atoms with Gasteiger partial charge in [-0.25, -0.2) is 4.79 Å². The number of carbonyl (C=O) groups excluding carboxylic acids is 2. The van der Waals surface area contributed by atoms with E-state index in [1.165, 1.54) is 6.08 Å². The minimum absolute atomic E-state index is 0.0535. The van der Waals surface area contributed by atoms with E-state index in [4.69, 9.17) is 9.16 Å². The maximum absolute atomic E-state index is 13.2. The molecule has 2 aliphatic rings. The number of nitrogens with zero attached hydrogens (tertiary/aromatic N) is 3. The highest BCUT2D eigenvalue weighted by Crippen LogP contribution is 2.48. The molecule has 0 aromatic carbocycles. The number of aryl methyl sites for hydroxylation is 2. The molecule has 3 rings (SSSR count). The summed E-state index contributed by atoms with van der Waals surface area (Å²) in [6, 6.07) is 1.83. The summed E-state index contributed by atoms with van der Waals surface area (Å²) < 4.78 is 13.6. The number of fused-ring (bicyclic) bond motifs is 1. The number of ether oxygens (including phenoxy) is 1. The Bertz CT molecular complexity index is 922. The normalized spacial score (nSPS) is 22.3. The van der Waals surface area contributed by atoms with Crippen molar-refractivity contribution in [2.75, 3.05) is 6.61 Å². The fourth-order valence-electron chi connectivity index (χ4n) is 4.10. The maximum Gasteiger partial charge on any atom is 0.355 e. The predicted molar refractivity (Wildman–Crippen MR) is 123 cm³/mol. The van der Waals surface area contributed by atoms with Crippen LogP contribution < -0.4 is 0 Å². The first-order chi connectivity index (χ1) is 14.3. The van der Waals surface area contributed by atoms with Crippen LogP contribution in [-0.4, -0.2) is 53.6 Å². The van der Waals surface area contributed by atoms with Gasteiger partial charge in [0.25, 0.3) is 0 Å². The zero-order valence-corrected chi connectivity index (χ0v) is 21.0. The van der Waals surface area contributed by atoms with Gasteiger partial charge in [-0.3, -0.25) is 9.48 Å². The summed E-state index contributed by atoms with van der Waals surface area (Å²) in [5.41, 5.74) is 2.77. The van der Waals surface area contributed by atoms with Crippen LogP contribution in [0, 0.1) is 12.8 Å². The summed E-state index contributed by atoms with van der Waals surface area (Å²) in [5, 5.41) is 4.61. The molecule has 1 saturated heterocycles. The smallest absolute Gasteiger partial charge is 0.355 e. The highest BCUT2D eigenvalue weighted by molar-refractivity contribution is 6.74. The SMILES string of the molecule is C=CCOC(=O)C1=C(c2cc(C)n(C)n2)C[C@@H]2[C@@H]([C@@H](C)O[Si](C)(C)C(C)(C)C)C(=O)N12. The van der Waals surface area contributed by atoms with Crippen LogP contribution in [0.5, 0.6) is 0 Å². The van der Waals surface area contributed by atoms with E-state index in [9.17, 15) is 9.59 Å². The van der Waals surface area contributed by atoms with Crippen molar-refractivity contribution >= 4 is 25.8 Å². The third kappa shape index (κ3) is 4.03. The summed E-state index contributed by atoms with van der Waals surface area (Å²) in [6.45, 7) is 18.6. The van der Waals surface area contributed by atoms with Crippen LogP contribution in [0.2, 0.25) is 18.1 Å². The lowest BCUT2D eigenvalue weighted by atomic mass is 9.83. The maximum atomic E-state index is 13.2. The zero-order chi connectivity index (χ0) is 23.3. The fraction of sp³-hybridized carbons (Fsp3) is 0.609. The number of amides is 1. The summed E-state index contributed by atoms with van der Waals surface area (Å²) in [7, 11) is -0.168. The van der Waals surface area contributed by atoms with E-state index in [1.807, 2.05) is 27.0 Å². The Morgan fingerprint density at radius 1 is 1.42 bits per heavy atom. The Hall–Kier alpha value is -2.19. The average molecular weight is 446 g/mol. The standard InChI is InChI=1S/C23H35N3O4Si/c1-10-11-29-22(28)20-16(17-12-14(2)25(7)24-17)13-18-19(21(27)26(18)20)15(3)30-31(8,9)23(4,5)6/h10,12,15,18-19H,1,11,13H2,2-9H3/t15-,18-,19-/m1/s1. The highest BCUT2D eigenvalue weighted by Gasteiger charge is 2.58.